The van der Waals surface area contributed by atoms with Crippen molar-refractivity contribution in [3.8, 4) is 0 Å². The Morgan fingerprint density at radius 1 is 1.36 bits per heavy atom. The van der Waals surface area contributed by atoms with E-state index >= 15 is 0 Å². The monoisotopic (exact) mass is 192 g/mol. The minimum absolute atomic E-state index is 0.144. The summed E-state index contributed by atoms with van der Waals surface area (Å²) in [6.07, 6.45) is 6.78. The summed E-state index contributed by atoms with van der Waals surface area (Å²) < 4.78 is 2.27. The largest absolute Gasteiger partial charge is 0.325 e. The summed E-state index contributed by atoms with van der Waals surface area (Å²) in [5.74, 6) is 2.32. The molecule has 2 heterocycles. The van der Waals surface area contributed by atoms with Gasteiger partial charge in [-0.1, -0.05) is 0 Å². The predicted molar refractivity (Wildman–Crippen MR) is 52.8 cm³/mol. The van der Waals surface area contributed by atoms with Crippen LogP contribution < -0.4 is 5.73 Å². The van der Waals surface area contributed by atoms with E-state index in [-0.39, 0.29) is 5.54 Å². The zero-order valence-electron chi connectivity index (χ0n) is 8.37. The van der Waals surface area contributed by atoms with Crippen LogP contribution >= 0.6 is 0 Å². The third-order valence-electron chi connectivity index (χ3n) is 3.42. The van der Waals surface area contributed by atoms with Gasteiger partial charge in [0, 0.05) is 24.9 Å². The molecule has 0 saturated heterocycles. The molecule has 4 nitrogen and oxygen atoms in total. The first kappa shape index (κ1) is 8.41. The third kappa shape index (κ3) is 1.34. The molecule has 0 atom stereocenters. The van der Waals surface area contributed by atoms with Crippen LogP contribution in [-0.2, 0) is 19.4 Å². The molecule has 1 aromatic heterocycles. The SMILES string of the molecule is NC1(CCc2nnc3n2CCC3)CC1. The summed E-state index contributed by atoms with van der Waals surface area (Å²) >= 11 is 0. The van der Waals surface area contributed by atoms with Crippen LogP contribution in [-0.4, -0.2) is 20.3 Å². The molecule has 4 heteroatoms. The van der Waals surface area contributed by atoms with Gasteiger partial charge in [-0.3, -0.25) is 0 Å². The molecule has 0 radical (unpaired) electrons. The van der Waals surface area contributed by atoms with Gasteiger partial charge >= 0.3 is 0 Å². The molecule has 76 valence electrons. The maximum absolute atomic E-state index is 6.05. The van der Waals surface area contributed by atoms with Crippen molar-refractivity contribution in [2.24, 2.45) is 5.73 Å². The van der Waals surface area contributed by atoms with Gasteiger partial charge in [-0.2, -0.15) is 0 Å². The molecule has 0 aromatic carbocycles. The van der Waals surface area contributed by atoms with Gasteiger partial charge in [0.1, 0.15) is 11.6 Å². The van der Waals surface area contributed by atoms with Gasteiger partial charge in [0.2, 0.25) is 0 Å². The fraction of sp³-hybridized carbons (Fsp3) is 0.800. The second-order valence-corrected chi connectivity index (χ2v) is 4.65. The number of nitrogens with zero attached hydrogens (tertiary/aromatic N) is 3. The van der Waals surface area contributed by atoms with E-state index in [4.69, 9.17) is 5.73 Å². The van der Waals surface area contributed by atoms with E-state index in [1.807, 2.05) is 0 Å². The molecule has 3 rings (SSSR count). The normalized spacial score (nSPS) is 22.4. The van der Waals surface area contributed by atoms with E-state index in [0.29, 0.717) is 0 Å². The lowest BCUT2D eigenvalue weighted by atomic mass is 10.1. The maximum atomic E-state index is 6.05. The number of hydrogen-bond donors (Lipinski definition) is 1. The Hall–Kier alpha value is -0.900. The summed E-state index contributed by atoms with van der Waals surface area (Å²) in [4.78, 5) is 0. The van der Waals surface area contributed by atoms with Crippen LogP contribution in [0.2, 0.25) is 0 Å². The van der Waals surface area contributed by atoms with E-state index in [1.165, 1.54) is 25.1 Å². The van der Waals surface area contributed by atoms with Crippen molar-refractivity contribution in [1.82, 2.24) is 14.8 Å². The fourth-order valence-electron chi connectivity index (χ4n) is 2.17. The van der Waals surface area contributed by atoms with Gasteiger partial charge in [-0.25, -0.2) is 0 Å². The molecule has 1 aliphatic carbocycles. The van der Waals surface area contributed by atoms with Crippen LogP contribution in [0, 0.1) is 0 Å². The number of fused-ring (bicyclic) bond motifs is 1. The van der Waals surface area contributed by atoms with Crippen molar-refractivity contribution >= 4 is 0 Å². The van der Waals surface area contributed by atoms with E-state index in [0.717, 1.165) is 31.6 Å². The van der Waals surface area contributed by atoms with Crippen LogP contribution in [0.15, 0.2) is 0 Å². The molecular weight excluding hydrogens is 176 g/mol. The van der Waals surface area contributed by atoms with Crippen LogP contribution in [0.1, 0.15) is 37.3 Å². The number of aromatic nitrogens is 3. The molecule has 0 bridgehead atoms. The highest BCUT2D eigenvalue weighted by Gasteiger charge is 2.37. The molecule has 0 unspecified atom stereocenters. The Balaban J connectivity index is 1.71. The van der Waals surface area contributed by atoms with Gasteiger partial charge in [0.05, 0.1) is 0 Å². The Morgan fingerprint density at radius 2 is 2.21 bits per heavy atom. The van der Waals surface area contributed by atoms with Crippen LogP contribution in [0.25, 0.3) is 0 Å². The number of nitrogens with two attached hydrogens (primary N) is 1. The average Bonchev–Trinajstić information content (AvgIpc) is 2.65. The summed E-state index contributed by atoms with van der Waals surface area (Å²) in [6, 6.07) is 0. The number of rotatable bonds is 3. The first-order valence-corrected chi connectivity index (χ1v) is 5.47. The lowest BCUT2D eigenvalue weighted by Gasteiger charge is -2.07. The lowest BCUT2D eigenvalue weighted by molar-refractivity contribution is 0.574. The van der Waals surface area contributed by atoms with E-state index in [1.54, 1.807) is 0 Å². The zero-order chi connectivity index (χ0) is 9.60. The average molecular weight is 192 g/mol. The Kier molecular flexibility index (Phi) is 1.68. The molecular formula is C10H16N4. The second kappa shape index (κ2) is 2.79. The zero-order valence-corrected chi connectivity index (χ0v) is 8.37. The van der Waals surface area contributed by atoms with Crippen molar-refractivity contribution in [1.29, 1.82) is 0 Å². The summed E-state index contributed by atoms with van der Waals surface area (Å²) in [7, 11) is 0. The topological polar surface area (TPSA) is 56.7 Å². The molecule has 2 aliphatic rings. The first-order valence-electron chi connectivity index (χ1n) is 5.47. The van der Waals surface area contributed by atoms with E-state index in [9.17, 15) is 0 Å². The van der Waals surface area contributed by atoms with Gasteiger partial charge in [-0.15, -0.1) is 10.2 Å². The molecule has 1 aromatic rings. The van der Waals surface area contributed by atoms with Crippen LogP contribution in [0.4, 0.5) is 0 Å². The molecule has 1 aliphatic heterocycles. The van der Waals surface area contributed by atoms with Gasteiger partial charge in [0.15, 0.2) is 0 Å². The van der Waals surface area contributed by atoms with E-state index < -0.39 is 0 Å². The molecule has 0 amide bonds. The lowest BCUT2D eigenvalue weighted by Crippen LogP contribution is -2.22. The molecule has 14 heavy (non-hydrogen) atoms. The highest BCUT2D eigenvalue weighted by Crippen LogP contribution is 2.36. The summed E-state index contributed by atoms with van der Waals surface area (Å²) in [5.41, 5.74) is 6.19. The molecule has 1 fully saturated rings. The smallest absolute Gasteiger partial charge is 0.133 e. The second-order valence-electron chi connectivity index (χ2n) is 4.65. The quantitative estimate of drug-likeness (QED) is 0.765. The minimum Gasteiger partial charge on any atom is -0.325 e. The highest BCUT2D eigenvalue weighted by molar-refractivity contribution is 5.05. The predicted octanol–water partition coefficient (Wildman–Crippen LogP) is 0.648. The van der Waals surface area contributed by atoms with E-state index in [2.05, 4.69) is 14.8 Å². The third-order valence-corrected chi connectivity index (χ3v) is 3.42. The van der Waals surface area contributed by atoms with Crippen molar-refractivity contribution < 1.29 is 0 Å². The maximum Gasteiger partial charge on any atom is 0.133 e. The van der Waals surface area contributed by atoms with Crippen molar-refractivity contribution in [2.45, 2.75) is 50.6 Å². The standard InChI is InChI=1S/C10H16N4/c11-10(5-6-10)4-3-9-13-12-8-2-1-7-14(8)9/h1-7,11H2. The highest BCUT2D eigenvalue weighted by atomic mass is 15.3. The van der Waals surface area contributed by atoms with Gasteiger partial charge in [-0.05, 0) is 25.7 Å². The molecule has 1 saturated carbocycles. The molecule has 2 N–H and O–H groups in total. The summed E-state index contributed by atoms with van der Waals surface area (Å²) in [5, 5.41) is 8.42. The Morgan fingerprint density at radius 3 is 3.00 bits per heavy atom. The van der Waals surface area contributed by atoms with Crippen molar-refractivity contribution in [2.75, 3.05) is 0 Å². The number of hydrogen-bond acceptors (Lipinski definition) is 3. The van der Waals surface area contributed by atoms with Gasteiger partial charge in [0.25, 0.3) is 0 Å². The number of aryl methyl sites for hydroxylation is 2. The van der Waals surface area contributed by atoms with Crippen LogP contribution in [0.5, 0.6) is 0 Å². The van der Waals surface area contributed by atoms with Crippen molar-refractivity contribution in [3.05, 3.63) is 11.6 Å². The van der Waals surface area contributed by atoms with Gasteiger partial charge < -0.3 is 10.3 Å². The Bertz CT molecular complexity index is 351. The first-order chi connectivity index (χ1) is 6.77. The van der Waals surface area contributed by atoms with Crippen LogP contribution in [0.3, 0.4) is 0 Å². The molecule has 0 spiro atoms. The fourth-order valence-corrected chi connectivity index (χ4v) is 2.17. The Labute approximate surface area is 83.5 Å². The summed E-state index contributed by atoms with van der Waals surface area (Å²) in [6.45, 7) is 1.11. The minimum atomic E-state index is 0.144. The van der Waals surface area contributed by atoms with Crippen molar-refractivity contribution in [3.63, 3.8) is 0 Å².